The summed E-state index contributed by atoms with van der Waals surface area (Å²) in [4.78, 5) is 37.1. The van der Waals surface area contributed by atoms with Crippen LogP contribution in [0.2, 0.25) is 0 Å². The van der Waals surface area contributed by atoms with Gasteiger partial charge >= 0.3 is 6.09 Å². The van der Waals surface area contributed by atoms with E-state index in [4.69, 9.17) is 4.74 Å². The quantitative estimate of drug-likeness (QED) is 0.683. The molecular formula is C18H15Br2N3O4. The fourth-order valence-electron chi connectivity index (χ4n) is 3.57. The molecule has 140 valence electrons. The number of fused-ring (bicyclic) bond motifs is 3. The van der Waals surface area contributed by atoms with Crippen LogP contribution in [0.5, 0.6) is 0 Å². The van der Waals surface area contributed by atoms with Crippen molar-refractivity contribution in [2.24, 2.45) is 0 Å². The van der Waals surface area contributed by atoms with E-state index in [1.54, 1.807) is 10.6 Å². The van der Waals surface area contributed by atoms with Crippen LogP contribution in [0, 0.1) is 0 Å². The number of rotatable bonds is 3. The smallest absolute Gasteiger partial charge is 0.408 e. The molecule has 0 saturated heterocycles. The van der Waals surface area contributed by atoms with Gasteiger partial charge in [0, 0.05) is 6.42 Å². The summed E-state index contributed by atoms with van der Waals surface area (Å²) in [5.74, 6) is -0.437. The average molecular weight is 497 g/mol. The highest BCUT2D eigenvalue weighted by atomic mass is 79.9. The summed E-state index contributed by atoms with van der Waals surface area (Å²) >= 11 is 6.85. The van der Waals surface area contributed by atoms with Gasteiger partial charge in [-0.15, -0.1) is 0 Å². The summed E-state index contributed by atoms with van der Waals surface area (Å²) in [5.41, 5.74) is 1.31. The van der Waals surface area contributed by atoms with E-state index in [1.807, 2.05) is 30.3 Å². The number of nitrogens with one attached hydrogen (secondary N) is 2. The van der Waals surface area contributed by atoms with E-state index in [9.17, 15) is 14.4 Å². The summed E-state index contributed by atoms with van der Waals surface area (Å²) in [5, 5.41) is 5.45. The van der Waals surface area contributed by atoms with E-state index in [1.165, 1.54) is 0 Å². The van der Waals surface area contributed by atoms with E-state index in [0.717, 1.165) is 10.0 Å². The fourth-order valence-corrected chi connectivity index (χ4v) is 4.55. The first-order valence-corrected chi connectivity index (χ1v) is 9.91. The van der Waals surface area contributed by atoms with Crippen molar-refractivity contribution in [2.45, 2.75) is 31.2 Å². The summed E-state index contributed by atoms with van der Waals surface area (Å²) in [6.45, 7) is 0.105. The maximum absolute atomic E-state index is 12.5. The van der Waals surface area contributed by atoms with Gasteiger partial charge in [0.25, 0.3) is 5.91 Å². The Balaban J connectivity index is 1.48. The van der Waals surface area contributed by atoms with Gasteiger partial charge in [-0.05, 0) is 43.5 Å². The molecule has 7 nitrogen and oxygen atoms in total. The number of aromatic nitrogens is 1. The van der Waals surface area contributed by atoms with Gasteiger partial charge in [0.2, 0.25) is 0 Å². The number of carbonyl (C=O) groups excluding carboxylic acids is 3. The second kappa shape index (κ2) is 7.12. The molecule has 1 aromatic carbocycles. The molecule has 4 rings (SSSR count). The van der Waals surface area contributed by atoms with Gasteiger partial charge in [0.1, 0.15) is 18.3 Å². The van der Waals surface area contributed by atoms with Gasteiger partial charge in [-0.1, -0.05) is 30.3 Å². The summed E-state index contributed by atoms with van der Waals surface area (Å²) in [6, 6.07) is 9.33. The van der Waals surface area contributed by atoms with Crippen molar-refractivity contribution in [3.8, 4) is 0 Å². The van der Waals surface area contributed by atoms with Crippen LogP contribution in [0.1, 0.15) is 28.5 Å². The third kappa shape index (κ3) is 3.29. The van der Waals surface area contributed by atoms with E-state index in [-0.39, 0.29) is 30.8 Å². The Morgan fingerprint density at radius 3 is 2.74 bits per heavy atom. The molecule has 2 aromatic rings. The summed E-state index contributed by atoms with van der Waals surface area (Å²) in [7, 11) is 0. The second-order valence-electron chi connectivity index (χ2n) is 6.46. The molecule has 1 fully saturated rings. The van der Waals surface area contributed by atoms with Crippen molar-refractivity contribution < 1.29 is 19.1 Å². The molecule has 1 aliphatic heterocycles. The highest BCUT2D eigenvalue weighted by molar-refractivity contribution is 9.13. The number of benzene rings is 1. The zero-order valence-corrected chi connectivity index (χ0v) is 17.1. The van der Waals surface area contributed by atoms with Crippen molar-refractivity contribution in [1.82, 2.24) is 15.2 Å². The van der Waals surface area contributed by atoms with Crippen LogP contribution in [0.4, 0.5) is 4.79 Å². The molecule has 2 N–H and O–H groups in total. The number of halogens is 2. The standard InChI is InChI=1S/C18H15Br2N3O4/c19-10-6-12-17(25)21-14-11(23(12)16(10)20)7-13(24)15(14)22-18(26)27-8-9-4-2-1-3-5-9/h1-6,11,14-15H,7-8H2,(H,21,25)(H,22,26)/t11-,14-,15-/m1/s1. The SMILES string of the molecule is O=C(N[C@@H]1C(=O)C[C@@H]2[C@H]1NC(=O)c1cc(Br)c(Br)n12)OCc1ccccc1. The van der Waals surface area contributed by atoms with Gasteiger partial charge in [-0.3, -0.25) is 9.59 Å². The molecule has 27 heavy (non-hydrogen) atoms. The highest BCUT2D eigenvalue weighted by Crippen LogP contribution is 2.39. The topological polar surface area (TPSA) is 89.4 Å². The number of nitrogens with zero attached hydrogens (tertiary/aromatic N) is 1. The zero-order valence-electron chi connectivity index (χ0n) is 13.9. The molecule has 3 atom stereocenters. The number of ketones is 1. The third-order valence-electron chi connectivity index (χ3n) is 4.81. The Bertz CT molecular complexity index is 928. The second-order valence-corrected chi connectivity index (χ2v) is 8.06. The monoisotopic (exact) mass is 495 g/mol. The molecule has 2 aliphatic rings. The van der Waals surface area contributed by atoms with Crippen molar-refractivity contribution in [1.29, 1.82) is 0 Å². The maximum atomic E-state index is 12.5. The minimum atomic E-state index is -0.830. The molecule has 0 bridgehead atoms. The van der Waals surface area contributed by atoms with Crippen LogP contribution in [-0.4, -0.2) is 34.4 Å². The predicted molar refractivity (Wildman–Crippen MR) is 103 cm³/mol. The van der Waals surface area contributed by atoms with Gasteiger partial charge < -0.3 is 19.9 Å². The van der Waals surface area contributed by atoms with Crippen molar-refractivity contribution in [2.75, 3.05) is 0 Å². The number of amides is 2. The maximum Gasteiger partial charge on any atom is 0.408 e. The lowest BCUT2D eigenvalue weighted by molar-refractivity contribution is -0.119. The Morgan fingerprint density at radius 2 is 2.00 bits per heavy atom. The summed E-state index contributed by atoms with van der Waals surface area (Å²) in [6.07, 6.45) is -0.480. The van der Waals surface area contributed by atoms with Gasteiger partial charge in [-0.25, -0.2) is 4.79 Å². The molecule has 0 spiro atoms. The largest absolute Gasteiger partial charge is 0.445 e. The van der Waals surface area contributed by atoms with Gasteiger partial charge in [-0.2, -0.15) is 0 Å². The normalized spacial score (nSPS) is 23.4. The minimum absolute atomic E-state index is 0.105. The Kier molecular flexibility index (Phi) is 4.81. The van der Waals surface area contributed by atoms with Crippen LogP contribution in [0.15, 0.2) is 45.5 Å². The van der Waals surface area contributed by atoms with Gasteiger partial charge in [0.15, 0.2) is 5.78 Å². The molecule has 2 heterocycles. The van der Waals surface area contributed by atoms with E-state index in [0.29, 0.717) is 10.3 Å². The lowest BCUT2D eigenvalue weighted by Gasteiger charge is -2.32. The molecule has 0 unspecified atom stereocenters. The molecule has 1 aromatic heterocycles. The number of Topliss-reactive ketones (excluding diaryl/α,β-unsaturated/α-hetero) is 1. The van der Waals surface area contributed by atoms with Crippen molar-refractivity contribution in [3.05, 3.63) is 56.7 Å². The fraction of sp³-hybridized carbons (Fsp3) is 0.278. The van der Waals surface area contributed by atoms with E-state index < -0.39 is 18.2 Å². The van der Waals surface area contributed by atoms with E-state index in [2.05, 4.69) is 42.5 Å². The number of hydrogen-bond donors (Lipinski definition) is 2. The van der Waals surface area contributed by atoms with Crippen LogP contribution >= 0.6 is 31.9 Å². The van der Waals surface area contributed by atoms with E-state index >= 15 is 0 Å². The minimum Gasteiger partial charge on any atom is -0.445 e. The molecule has 1 saturated carbocycles. The number of hydrogen-bond acceptors (Lipinski definition) is 4. The first-order chi connectivity index (χ1) is 13.0. The first-order valence-electron chi connectivity index (χ1n) is 8.32. The lowest BCUT2D eigenvalue weighted by atomic mass is 10.1. The first kappa shape index (κ1) is 18.2. The number of carbonyl (C=O) groups is 3. The summed E-state index contributed by atoms with van der Waals surface area (Å²) < 4.78 is 8.43. The molecule has 1 aliphatic carbocycles. The third-order valence-corrected chi connectivity index (χ3v) is 6.76. The molecule has 0 radical (unpaired) electrons. The Hall–Kier alpha value is -2.13. The van der Waals surface area contributed by atoms with Crippen LogP contribution in [-0.2, 0) is 16.1 Å². The lowest BCUT2D eigenvalue weighted by Crippen LogP contribution is -2.56. The van der Waals surface area contributed by atoms with Crippen molar-refractivity contribution in [3.63, 3.8) is 0 Å². The van der Waals surface area contributed by atoms with Gasteiger partial charge in [0.05, 0.1) is 21.2 Å². The van der Waals surface area contributed by atoms with Crippen LogP contribution < -0.4 is 10.6 Å². The Morgan fingerprint density at radius 1 is 1.26 bits per heavy atom. The van der Waals surface area contributed by atoms with Crippen molar-refractivity contribution >= 4 is 49.6 Å². The molecular weight excluding hydrogens is 482 g/mol. The predicted octanol–water partition coefficient (Wildman–Crippen LogP) is 2.93. The molecule has 9 heteroatoms. The van der Waals surface area contributed by atoms with Crippen LogP contribution in [0.25, 0.3) is 0 Å². The molecule has 2 amide bonds. The average Bonchev–Trinajstić information content (AvgIpc) is 3.12. The van der Waals surface area contributed by atoms with Crippen LogP contribution in [0.3, 0.4) is 0 Å². The number of alkyl carbamates (subject to hydrolysis) is 1. The Labute approximate surface area is 171 Å². The number of ether oxygens (including phenoxy) is 1. The zero-order chi connectivity index (χ0) is 19.1. The highest BCUT2D eigenvalue weighted by Gasteiger charge is 2.49.